The zero-order chi connectivity index (χ0) is 12.3. The van der Waals surface area contributed by atoms with Crippen LogP contribution in [0.25, 0.3) is 0 Å². The van der Waals surface area contributed by atoms with E-state index in [1.807, 2.05) is 12.1 Å². The lowest BCUT2D eigenvalue weighted by atomic mass is 9.92. The molecule has 2 aromatic carbocycles. The highest BCUT2D eigenvalue weighted by Crippen LogP contribution is 2.24. The number of halogens is 1. The Morgan fingerprint density at radius 3 is 1.88 bits per heavy atom. The SMILES string of the molecule is N#CC(c1ccc(N)cc1)c1ccc(F)cc1. The molecule has 0 aromatic heterocycles. The van der Waals surface area contributed by atoms with Gasteiger partial charge in [0.2, 0.25) is 0 Å². The Hall–Kier alpha value is -2.34. The Morgan fingerprint density at radius 2 is 1.41 bits per heavy atom. The van der Waals surface area contributed by atoms with Gasteiger partial charge in [-0.15, -0.1) is 0 Å². The van der Waals surface area contributed by atoms with Crippen molar-refractivity contribution in [3.8, 4) is 6.07 Å². The number of nitriles is 1. The van der Waals surface area contributed by atoms with Crippen LogP contribution < -0.4 is 5.73 Å². The summed E-state index contributed by atoms with van der Waals surface area (Å²) >= 11 is 0. The molecule has 0 aliphatic heterocycles. The largest absolute Gasteiger partial charge is 0.399 e. The number of benzene rings is 2. The summed E-state index contributed by atoms with van der Waals surface area (Å²) in [5, 5.41) is 9.20. The van der Waals surface area contributed by atoms with Gasteiger partial charge in [0.25, 0.3) is 0 Å². The summed E-state index contributed by atoms with van der Waals surface area (Å²) in [7, 11) is 0. The lowest BCUT2D eigenvalue weighted by Gasteiger charge is -2.10. The smallest absolute Gasteiger partial charge is 0.123 e. The van der Waals surface area contributed by atoms with Gasteiger partial charge in [0.05, 0.1) is 12.0 Å². The maximum atomic E-state index is 12.8. The number of hydrogen-bond acceptors (Lipinski definition) is 2. The lowest BCUT2D eigenvalue weighted by Crippen LogP contribution is -1.98. The molecule has 17 heavy (non-hydrogen) atoms. The van der Waals surface area contributed by atoms with Gasteiger partial charge in [-0.3, -0.25) is 0 Å². The second kappa shape index (κ2) is 4.67. The summed E-state index contributed by atoms with van der Waals surface area (Å²) < 4.78 is 12.8. The van der Waals surface area contributed by atoms with Crippen LogP contribution in [0.1, 0.15) is 17.0 Å². The van der Waals surface area contributed by atoms with Gasteiger partial charge in [0.15, 0.2) is 0 Å². The van der Waals surface area contributed by atoms with Crippen molar-refractivity contribution >= 4 is 5.69 Å². The van der Waals surface area contributed by atoms with Gasteiger partial charge in [-0.1, -0.05) is 24.3 Å². The van der Waals surface area contributed by atoms with E-state index < -0.39 is 5.92 Å². The molecule has 0 saturated carbocycles. The van der Waals surface area contributed by atoms with Crippen LogP contribution in [-0.4, -0.2) is 0 Å². The van der Waals surface area contributed by atoms with Gasteiger partial charge < -0.3 is 5.73 Å². The van der Waals surface area contributed by atoms with Gasteiger partial charge in [0, 0.05) is 5.69 Å². The molecule has 2 N–H and O–H groups in total. The third kappa shape index (κ3) is 2.43. The molecule has 0 spiro atoms. The van der Waals surface area contributed by atoms with Crippen molar-refractivity contribution in [2.75, 3.05) is 5.73 Å². The molecule has 2 rings (SSSR count). The standard InChI is InChI=1S/C14H11FN2/c15-12-5-1-10(2-6-12)14(9-16)11-3-7-13(17)8-4-11/h1-8,14H,17H2. The molecule has 0 fully saturated rings. The molecule has 3 heteroatoms. The van der Waals surface area contributed by atoms with E-state index in [4.69, 9.17) is 5.73 Å². The molecule has 2 aromatic rings. The predicted octanol–water partition coefficient (Wildman–Crippen LogP) is 3.06. The normalized spacial score (nSPS) is 11.8. The van der Waals surface area contributed by atoms with Crippen molar-refractivity contribution in [2.45, 2.75) is 5.92 Å². The lowest BCUT2D eigenvalue weighted by molar-refractivity contribution is 0.627. The van der Waals surface area contributed by atoms with E-state index in [1.165, 1.54) is 12.1 Å². The molecule has 0 aliphatic carbocycles. The van der Waals surface area contributed by atoms with E-state index in [0.717, 1.165) is 11.1 Å². The van der Waals surface area contributed by atoms with Crippen molar-refractivity contribution in [3.63, 3.8) is 0 Å². The number of nitrogens with two attached hydrogens (primary N) is 1. The maximum absolute atomic E-state index is 12.8. The van der Waals surface area contributed by atoms with Gasteiger partial charge in [-0.05, 0) is 35.4 Å². The van der Waals surface area contributed by atoms with E-state index in [1.54, 1.807) is 24.3 Å². The third-order valence-corrected chi connectivity index (χ3v) is 2.60. The summed E-state index contributed by atoms with van der Waals surface area (Å²) in [6.07, 6.45) is 0. The van der Waals surface area contributed by atoms with Crippen LogP contribution >= 0.6 is 0 Å². The summed E-state index contributed by atoms with van der Waals surface area (Å²) in [6, 6.07) is 15.3. The first-order valence-electron chi connectivity index (χ1n) is 5.21. The van der Waals surface area contributed by atoms with Crippen LogP contribution in [0.5, 0.6) is 0 Å². The zero-order valence-electron chi connectivity index (χ0n) is 9.10. The molecule has 0 bridgehead atoms. The Morgan fingerprint density at radius 1 is 0.941 bits per heavy atom. The molecular weight excluding hydrogens is 215 g/mol. The fourth-order valence-electron chi connectivity index (χ4n) is 1.69. The van der Waals surface area contributed by atoms with Crippen molar-refractivity contribution in [3.05, 3.63) is 65.5 Å². The topological polar surface area (TPSA) is 49.8 Å². The van der Waals surface area contributed by atoms with Crippen LogP contribution in [0, 0.1) is 17.1 Å². The Kier molecular flexibility index (Phi) is 3.06. The van der Waals surface area contributed by atoms with E-state index in [0.29, 0.717) is 5.69 Å². The third-order valence-electron chi connectivity index (χ3n) is 2.60. The molecular formula is C14H11FN2. The second-order valence-corrected chi connectivity index (χ2v) is 3.78. The average molecular weight is 226 g/mol. The minimum absolute atomic E-state index is 0.303. The minimum Gasteiger partial charge on any atom is -0.399 e. The Labute approximate surface area is 99.1 Å². The van der Waals surface area contributed by atoms with E-state index in [2.05, 4.69) is 6.07 Å². The van der Waals surface area contributed by atoms with Gasteiger partial charge in [-0.2, -0.15) is 5.26 Å². The monoisotopic (exact) mass is 226 g/mol. The van der Waals surface area contributed by atoms with E-state index in [-0.39, 0.29) is 5.82 Å². The van der Waals surface area contributed by atoms with Gasteiger partial charge >= 0.3 is 0 Å². The summed E-state index contributed by atoms with van der Waals surface area (Å²) in [6.45, 7) is 0. The molecule has 0 amide bonds. The van der Waals surface area contributed by atoms with Crippen LogP contribution in [0.3, 0.4) is 0 Å². The maximum Gasteiger partial charge on any atom is 0.123 e. The number of anilines is 1. The molecule has 1 unspecified atom stereocenters. The number of nitrogen functional groups attached to an aromatic ring is 1. The second-order valence-electron chi connectivity index (χ2n) is 3.78. The Balaban J connectivity index is 2.37. The average Bonchev–Trinajstić information content (AvgIpc) is 2.35. The minimum atomic E-state index is -0.392. The van der Waals surface area contributed by atoms with Crippen LogP contribution in [0.15, 0.2) is 48.5 Å². The molecule has 0 saturated heterocycles. The summed E-state index contributed by atoms with van der Waals surface area (Å²) in [5.74, 6) is -0.695. The van der Waals surface area contributed by atoms with Gasteiger partial charge in [0.1, 0.15) is 5.82 Å². The van der Waals surface area contributed by atoms with E-state index in [9.17, 15) is 9.65 Å². The number of rotatable bonds is 2. The quantitative estimate of drug-likeness (QED) is 0.800. The fourth-order valence-corrected chi connectivity index (χ4v) is 1.69. The molecule has 1 atom stereocenters. The highest BCUT2D eigenvalue weighted by atomic mass is 19.1. The molecule has 0 radical (unpaired) electrons. The molecule has 0 aliphatic rings. The van der Waals surface area contributed by atoms with Crippen molar-refractivity contribution < 1.29 is 4.39 Å². The Bertz CT molecular complexity index is 492. The fraction of sp³-hybridized carbons (Fsp3) is 0.0714. The van der Waals surface area contributed by atoms with Crippen molar-refractivity contribution in [2.24, 2.45) is 0 Å². The first-order valence-corrected chi connectivity index (χ1v) is 5.21. The van der Waals surface area contributed by atoms with Gasteiger partial charge in [-0.25, -0.2) is 4.39 Å². The molecule has 84 valence electrons. The molecule has 2 nitrogen and oxygen atoms in total. The van der Waals surface area contributed by atoms with E-state index >= 15 is 0 Å². The van der Waals surface area contributed by atoms with Crippen molar-refractivity contribution in [1.82, 2.24) is 0 Å². The number of hydrogen-bond donors (Lipinski definition) is 1. The number of nitrogens with zero attached hydrogens (tertiary/aromatic N) is 1. The first kappa shape index (κ1) is 11.2. The van der Waals surface area contributed by atoms with Crippen LogP contribution in [-0.2, 0) is 0 Å². The highest BCUT2D eigenvalue weighted by molar-refractivity contribution is 5.45. The van der Waals surface area contributed by atoms with Crippen molar-refractivity contribution in [1.29, 1.82) is 5.26 Å². The summed E-state index contributed by atoms with van der Waals surface area (Å²) in [4.78, 5) is 0. The predicted molar refractivity (Wildman–Crippen MR) is 64.7 cm³/mol. The highest BCUT2D eigenvalue weighted by Gasteiger charge is 2.12. The van der Waals surface area contributed by atoms with Crippen LogP contribution in [0.4, 0.5) is 10.1 Å². The molecule has 0 heterocycles. The first-order chi connectivity index (χ1) is 8.20. The summed E-state index contributed by atoms with van der Waals surface area (Å²) in [5.41, 5.74) is 7.88. The van der Waals surface area contributed by atoms with Crippen LogP contribution in [0.2, 0.25) is 0 Å². The zero-order valence-corrected chi connectivity index (χ0v) is 9.10.